The van der Waals surface area contributed by atoms with Crippen LogP contribution in [0.1, 0.15) is 11.9 Å². The number of likely N-dealkylation sites (N-methyl/N-ethyl adjacent to an activating group) is 2. The molecular weight excluding hydrogens is 280 g/mol. The SMILES string of the molecule is CN1CCN(C)C(c2nc(=S)cc(-c3ccccc3)[nH]2)C1. The van der Waals surface area contributed by atoms with E-state index in [9.17, 15) is 0 Å². The molecule has 1 unspecified atom stereocenters. The molecule has 0 radical (unpaired) electrons. The summed E-state index contributed by atoms with van der Waals surface area (Å²) in [5.74, 6) is 0.954. The number of hydrogen-bond acceptors (Lipinski definition) is 4. The predicted molar refractivity (Wildman–Crippen MR) is 87.7 cm³/mol. The number of nitrogens with zero attached hydrogens (tertiary/aromatic N) is 3. The number of piperazine rings is 1. The van der Waals surface area contributed by atoms with Crippen molar-refractivity contribution in [3.05, 3.63) is 46.9 Å². The van der Waals surface area contributed by atoms with Crippen LogP contribution in [0.3, 0.4) is 0 Å². The molecule has 1 aliphatic heterocycles. The molecule has 2 heterocycles. The van der Waals surface area contributed by atoms with Gasteiger partial charge in [0, 0.05) is 25.3 Å². The van der Waals surface area contributed by atoms with Gasteiger partial charge in [-0.1, -0.05) is 42.5 Å². The van der Waals surface area contributed by atoms with Crippen LogP contribution < -0.4 is 0 Å². The predicted octanol–water partition coefficient (Wildman–Crippen LogP) is 2.72. The lowest BCUT2D eigenvalue weighted by molar-refractivity contribution is 0.109. The van der Waals surface area contributed by atoms with Crippen LogP contribution >= 0.6 is 12.2 Å². The van der Waals surface area contributed by atoms with Crippen molar-refractivity contribution in [1.82, 2.24) is 19.8 Å². The molecule has 1 aliphatic rings. The fourth-order valence-corrected chi connectivity index (χ4v) is 2.93. The number of aromatic nitrogens is 2. The third-order valence-electron chi connectivity index (χ3n) is 4.01. The van der Waals surface area contributed by atoms with Gasteiger partial charge < -0.3 is 9.88 Å². The van der Waals surface area contributed by atoms with E-state index in [4.69, 9.17) is 12.2 Å². The Balaban J connectivity index is 2.00. The first kappa shape index (κ1) is 14.4. The van der Waals surface area contributed by atoms with Crippen molar-refractivity contribution < 1.29 is 0 Å². The number of H-pyrrole nitrogens is 1. The number of nitrogens with one attached hydrogen (secondary N) is 1. The third kappa shape index (κ3) is 3.20. The third-order valence-corrected chi connectivity index (χ3v) is 4.22. The van der Waals surface area contributed by atoms with E-state index in [1.165, 1.54) is 0 Å². The fourth-order valence-electron chi connectivity index (χ4n) is 2.71. The van der Waals surface area contributed by atoms with E-state index in [0.29, 0.717) is 4.64 Å². The second kappa shape index (κ2) is 6.05. The van der Waals surface area contributed by atoms with E-state index in [2.05, 4.69) is 46.0 Å². The molecule has 1 atom stereocenters. The molecule has 0 saturated carbocycles. The summed E-state index contributed by atoms with van der Waals surface area (Å²) in [7, 11) is 4.29. The van der Waals surface area contributed by atoms with Crippen LogP contribution in [0.15, 0.2) is 36.4 Å². The Labute approximate surface area is 130 Å². The Morgan fingerprint density at radius 3 is 2.71 bits per heavy atom. The molecule has 3 rings (SSSR count). The average Bonchev–Trinajstić information content (AvgIpc) is 2.50. The Hall–Kier alpha value is -1.56. The zero-order valence-corrected chi connectivity index (χ0v) is 13.2. The van der Waals surface area contributed by atoms with Gasteiger partial charge in [0.05, 0.1) is 6.04 Å². The fraction of sp³-hybridized carbons (Fsp3) is 0.375. The molecule has 1 fully saturated rings. The summed E-state index contributed by atoms with van der Waals surface area (Å²) >= 11 is 5.36. The second-order valence-electron chi connectivity index (χ2n) is 5.64. The van der Waals surface area contributed by atoms with Crippen LogP contribution in [-0.4, -0.2) is 53.5 Å². The van der Waals surface area contributed by atoms with Crippen LogP contribution in [0.5, 0.6) is 0 Å². The van der Waals surface area contributed by atoms with Crippen LogP contribution in [0.2, 0.25) is 0 Å². The number of rotatable bonds is 2. The summed E-state index contributed by atoms with van der Waals surface area (Å²) in [6.07, 6.45) is 0. The average molecular weight is 300 g/mol. The van der Waals surface area contributed by atoms with Crippen molar-refractivity contribution in [1.29, 1.82) is 0 Å². The molecule has 21 heavy (non-hydrogen) atoms. The van der Waals surface area contributed by atoms with Gasteiger partial charge in [-0.3, -0.25) is 4.90 Å². The van der Waals surface area contributed by atoms with Gasteiger partial charge in [-0.2, -0.15) is 0 Å². The van der Waals surface area contributed by atoms with E-state index in [1.54, 1.807) is 0 Å². The van der Waals surface area contributed by atoms with Gasteiger partial charge in [-0.15, -0.1) is 0 Å². The highest BCUT2D eigenvalue weighted by Gasteiger charge is 2.25. The van der Waals surface area contributed by atoms with Crippen LogP contribution in [0.25, 0.3) is 11.3 Å². The first-order valence-electron chi connectivity index (χ1n) is 7.19. The molecule has 2 aromatic rings. The van der Waals surface area contributed by atoms with Crippen molar-refractivity contribution in [2.75, 3.05) is 33.7 Å². The standard InChI is InChI=1S/C16H20N4S/c1-19-8-9-20(2)14(11-19)16-17-13(10-15(21)18-16)12-6-4-3-5-7-12/h3-7,10,14H,8-9,11H2,1-2H3,(H,17,18,21). The molecule has 1 N–H and O–H groups in total. The van der Waals surface area contributed by atoms with Gasteiger partial charge in [0.2, 0.25) is 0 Å². The minimum atomic E-state index is 0.258. The second-order valence-corrected chi connectivity index (χ2v) is 6.06. The topological polar surface area (TPSA) is 35.2 Å². The maximum absolute atomic E-state index is 5.36. The molecule has 110 valence electrons. The highest BCUT2D eigenvalue weighted by molar-refractivity contribution is 7.71. The molecule has 0 bridgehead atoms. The lowest BCUT2D eigenvalue weighted by Gasteiger charge is -2.37. The Morgan fingerprint density at radius 2 is 1.95 bits per heavy atom. The number of aromatic amines is 1. The Morgan fingerprint density at radius 1 is 1.19 bits per heavy atom. The van der Waals surface area contributed by atoms with E-state index >= 15 is 0 Å². The first-order chi connectivity index (χ1) is 10.1. The largest absolute Gasteiger partial charge is 0.342 e. The number of benzene rings is 1. The van der Waals surface area contributed by atoms with Gasteiger partial charge in [0.15, 0.2) is 0 Å². The van der Waals surface area contributed by atoms with Crippen LogP contribution in [0, 0.1) is 4.64 Å². The van der Waals surface area contributed by atoms with Crippen molar-refractivity contribution in [3.8, 4) is 11.3 Å². The molecule has 4 nitrogen and oxygen atoms in total. The molecule has 1 aromatic heterocycles. The van der Waals surface area contributed by atoms with E-state index in [1.807, 2.05) is 24.3 Å². The van der Waals surface area contributed by atoms with Gasteiger partial charge in [0.1, 0.15) is 10.5 Å². The van der Waals surface area contributed by atoms with Gasteiger partial charge in [-0.05, 0) is 25.7 Å². The summed E-state index contributed by atoms with van der Waals surface area (Å²) in [6.45, 7) is 3.10. The lowest BCUT2D eigenvalue weighted by Crippen LogP contribution is -2.45. The monoisotopic (exact) mass is 300 g/mol. The summed E-state index contributed by atoms with van der Waals surface area (Å²) in [5, 5.41) is 0. The molecule has 0 aliphatic carbocycles. The molecule has 0 spiro atoms. The van der Waals surface area contributed by atoms with Crippen LogP contribution in [0.4, 0.5) is 0 Å². The molecule has 1 saturated heterocycles. The quantitative estimate of drug-likeness (QED) is 0.865. The van der Waals surface area contributed by atoms with Crippen LogP contribution in [-0.2, 0) is 0 Å². The number of hydrogen-bond donors (Lipinski definition) is 1. The van der Waals surface area contributed by atoms with Gasteiger partial charge in [-0.25, -0.2) is 4.98 Å². The minimum absolute atomic E-state index is 0.258. The molecule has 5 heteroatoms. The van der Waals surface area contributed by atoms with E-state index in [0.717, 1.165) is 36.7 Å². The molecule has 0 amide bonds. The summed E-state index contributed by atoms with van der Waals surface area (Å²) in [6, 6.07) is 12.4. The van der Waals surface area contributed by atoms with Crippen molar-refractivity contribution in [3.63, 3.8) is 0 Å². The zero-order valence-electron chi connectivity index (χ0n) is 12.4. The lowest BCUT2D eigenvalue weighted by atomic mass is 10.1. The highest BCUT2D eigenvalue weighted by Crippen LogP contribution is 2.23. The van der Waals surface area contributed by atoms with Crippen molar-refractivity contribution in [2.24, 2.45) is 0 Å². The summed E-state index contributed by atoms with van der Waals surface area (Å²) in [5.41, 5.74) is 2.17. The minimum Gasteiger partial charge on any atom is -0.342 e. The Bertz CT molecular complexity index is 667. The Kier molecular flexibility index (Phi) is 4.14. The first-order valence-corrected chi connectivity index (χ1v) is 7.60. The van der Waals surface area contributed by atoms with Crippen molar-refractivity contribution >= 4 is 12.2 Å². The normalized spacial score (nSPS) is 20.6. The van der Waals surface area contributed by atoms with Gasteiger partial charge >= 0.3 is 0 Å². The zero-order chi connectivity index (χ0) is 14.8. The maximum atomic E-state index is 5.36. The van der Waals surface area contributed by atoms with Crippen molar-refractivity contribution in [2.45, 2.75) is 6.04 Å². The van der Waals surface area contributed by atoms with Gasteiger partial charge in [0.25, 0.3) is 0 Å². The molecule has 1 aromatic carbocycles. The summed E-state index contributed by atoms with van der Waals surface area (Å²) < 4.78 is 0.643. The van der Waals surface area contributed by atoms with E-state index in [-0.39, 0.29) is 6.04 Å². The highest BCUT2D eigenvalue weighted by atomic mass is 32.1. The maximum Gasteiger partial charge on any atom is 0.130 e. The molecular formula is C16H20N4S. The van der Waals surface area contributed by atoms with E-state index < -0.39 is 0 Å². The smallest absolute Gasteiger partial charge is 0.130 e. The summed E-state index contributed by atoms with van der Waals surface area (Å²) in [4.78, 5) is 12.7.